The van der Waals surface area contributed by atoms with Gasteiger partial charge >= 0.3 is 0 Å². The van der Waals surface area contributed by atoms with Crippen LogP contribution in [-0.4, -0.2) is 26.3 Å². The minimum Gasteiger partial charge on any atom is -0.296 e. The van der Waals surface area contributed by atoms with Crippen LogP contribution in [0.2, 0.25) is 0 Å². The fourth-order valence-corrected chi connectivity index (χ4v) is 4.01. The molecule has 0 aliphatic heterocycles. The van der Waals surface area contributed by atoms with Gasteiger partial charge in [-0.05, 0) is 49.6 Å². The Morgan fingerprint density at radius 3 is 2.77 bits per heavy atom. The maximum absolute atomic E-state index is 13.9. The molecule has 0 spiro atoms. The zero-order valence-electron chi connectivity index (χ0n) is 14.2. The molecule has 1 aliphatic rings. The van der Waals surface area contributed by atoms with Crippen LogP contribution in [0.15, 0.2) is 35.7 Å². The summed E-state index contributed by atoms with van der Waals surface area (Å²) in [4.78, 5) is 3.00. The summed E-state index contributed by atoms with van der Waals surface area (Å²) in [5.41, 5.74) is 0.445. The Balaban J connectivity index is 1.58. The summed E-state index contributed by atoms with van der Waals surface area (Å²) in [5, 5.41) is 6.75. The highest BCUT2D eigenvalue weighted by Crippen LogP contribution is 2.39. The first-order valence-corrected chi connectivity index (χ1v) is 9.67. The van der Waals surface area contributed by atoms with E-state index in [0.717, 1.165) is 29.6 Å². The zero-order valence-corrected chi connectivity index (χ0v) is 15.9. The molecule has 136 valence electrons. The van der Waals surface area contributed by atoms with Crippen LogP contribution in [0.1, 0.15) is 24.4 Å². The van der Waals surface area contributed by atoms with E-state index in [-0.39, 0.29) is 0 Å². The molecule has 8 heteroatoms. The second kappa shape index (κ2) is 7.02. The molecular formula is C18H18F2N4S2. The smallest absolute Gasteiger partial charge is 0.199 e. The molecular weight excluding hydrogens is 374 g/mol. The molecule has 4 rings (SSSR count). The first-order chi connectivity index (χ1) is 12.5. The van der Waals surface area contributed by atoms with Gasteiger partial charge in [-0.15, -0.1) is 16.4 Å². The third kappa shape index (κ3) is 3.49. The summed E-state index contributed by atoms with van der Waals surface area (Å²) in [6.07, 6.45) is 2.24. The quantitative estimate of drug-likeness (QED) is 0.561. The molecule has 1 aromatic carbocycles. The molecule has 4 nitrogen and oxygen atoms in total. The summed E-state index contributed by atoms with van der Waals surface area (Å²) < 4.78 is 31.5. The zero-order chi connectivity index (χ0) is 18.3. The van der Waals surface area contributed by atoms with Crippen molar-refractivity contribution in [2.45, 2.75) is 32.1 Å². The molecule has 0 atom stereocenters. The predicted octanol–water partition coefficient (Wildman–Crippen LogP) is 4.85. The molecule has 0 bridgehead atoms. The van der Waals surface area contributed by atoms with Gasteiger partial charge in [-0.25, -0.2) is 13.5 Å². The molecule has 0 amide bonds. The summed E-state index contributed by atoms with van der Waals surface area (Å²) >= 11 is 7.29. The van der Waals surface area contributed by atoms with Crippen molar-refractivity contribution in [1.82, 2.24) is 19.2 Å². The van der Waals surface area contributed by atoms with E-state index in [2.05, 4.69) is 4.57 Å². The van der Waals surface area contributed by atoms with Crippen LogP contribution in [0.5, 0.6) is 0 Å². The van der Waals surface area contributed by atoms with Crippen LogP contribution < -0.4 is 0 Å². The molecule has 26 heavy (non-hydrogen) atoms. The Morgan fingerprint density at radius 1 is 1.31 bits per heavy atom. The van der Waals surface area contributed by atoms with Gasteiger partial charge in [0.25, 0.3) is 0 Å². The van der Waals surface area contributed by atoms with Gasteiger partial charge in [0.1, 0.15) is 11.6 Å². The standard InChI is InChI=1S/C18H18F2N4S2/c1-22(10-12-4-5-13(19)9-15(12)20)11-23-18(25)24(14-6-7-14)17(21-23)16-3-2-8-26-16/h2-5,8-9,14H,6-7,10-11H2,1H3. The molecule has 0 saturated heterocycles. The molecule has 0 radical (unpaired) electrons. The van der Waals surface area contributed by atoms with Crippen molar-refractivity contribution in [3.8, 4) is 10.7 Å². The number of thiophene rings is 1. The van der Waals surface area contributed by atoms with Crippen LogP contribution in [0.25, 0.3) is 10.7 Å². The number of benzene rings is 1. The van der Waals surface area contributed by atoms with Crippen molar-refractivity contribution in [3.05, 3.63) is 57.7 Å². The maximum Gasteiger partial charge on any atom is 0.199 e. The lowest BCUT2D eigenvalue weighted by molar-refractivity contribution is 0.240. The molecule has 3 aromatic rings. The Kier molecular flexibility index (Phi) is 4.73. The van der Waals surface area contributed by atoms with Gasteiger partial charge in [-0.2, -0.15) is 0 Å². The average Bonchev–Trinajstić information content (AvgIpc) is 3.17. The number of hydrogen-bond acceptors (Lipinski definition) is 4. The van der Waals surface area contributed by atoms with Crippen LogP contribution in [-0.2, 0) is 13.2 Å². The maximum atomic E-state index is 13.9. The Labute approximate surface area is 159 Å². The van der Waals surface area contributed by atoms with E-state index in [4.69, 9.17) is 17.3 Å². The predicted molar refractivity (Wildman–Crippen MR) is 100 cm³/mol. The normalized spacial score (nSPS) is 14.3. The molecule has 1 fully saturated rings. The first kappa shape index (κ1) is 17.5. The van der Waals surface area contributed by atoms with E-state index in [0.29, 0.717) is 29.6 Å². The molecule has 2 heterocycles. The van der Waals surface area contributed by atoms with Gasteiger partial charge < -0.3 is 0 Å². The lowest BCUT2D eigenvalue weighted by Crippen LogP contribution is -2.23. The van der Waals surface area contributed by atoms with Crippen molar-refractivity contribution >= 4 is 23.6 Å². The van der Waals surface area contributed by atoms with E-state index < -0.39 is 11.6 Å². The van der Waals surface area contributed by atoms with E-state index in [1.54, 1.807) is 16.0 Å². The Bertz CT molecular complexity index is 974. The fourth-order valence-electron chi connectivity index (χ4n) is 2.97. The molecule has 0 unspecified atom stereocenters. The summed E-state index contributed by atoms with van der Waals surface area (Å²) in [5.74, 6) is -0.211. The van der Waals surface area contributed by atoms with Crippen molar-refractivity contribution in [1.29, 1.82) is 0 Å². The number of hydrogen-bond donors (Lipinski definition) is 0. The highest BCUT2D eigenvalue weighted by molar-refractivity contribution is 7.71. The molecule has 1 aliphatic carbocycles. The van der Waals surface area contributed by atoms with Gasteiger partial charge in [0.05, 0.1) is 11.5 Å². The monoisotopic (exact) mass is 392 g/mol. The van der Waals surface area contributed by atoms with Crippen LogP contribution >= 0.6 is 23.6 Å². The largest absolute Gasteiger partial charge is 0.296 e. The highest BCUT2D eigenvalue weighted by Gasteiger charge is 2.29. The summed E-state index contributed by atoms with van der Waals surface area (Å²) in [7, 11) is 1.87. The second-order valence-electron chi connectivity index (χ2n) is 6.58. The highest BCUT2D eigenvalue weighted by atomic mass is 32.1. The van der Waals surface area contributed by atoms with Crippen LogP contribution in [0.3, 0.4) is 0 Å². The van der Waals surface area contributed by atoms with E-state index in [9.17, 15) is 8.78 Å². The van der Waals surface area contributed by atoms with Crippen molar-refractivity contribution in [2.24, 2.45) is 0 Å². The number of halogens is 2. The topological polar surface area (TPSA) is 26.0 Å². The Hall–Kier alpha value is -1.90. The molecule has 1 saturated carbocycles. The van der Waals surface area contributed by atoms with Gasteiger partial charge in [0.15, 0.2) is 10.6 Å². The van der Waals surface area contributed by atoms with Gasteiger partial charge in [0.2, 0.25) is 0 Å². The fraction of sp³-hybridized carbons (Fsp3) is 0.333. The van der Waals surface area contributed by atoms with Crippen LogP contribution in [0.4, 0.5) is 8.78 Å². The van der Waals surface area contributed by atoms with Crippen LogP contribution in [0, 0.1) is 16.4 Å². The lowest BCUT2D eigenvalue weighted by Gasteiger charge is -2.17. The number of rotatable bonds is 6. The minimum absolute atomic E-state index is 0.346. The summed E-state index contributed by atoms with van der Waals surface area (Å²) in [6, 6.07) is 8.12. The SMILES string of the molecule is CN(Cc1ccc(F)cc1F)Cn1nc(-c2cccs2)n(C2CC2)c1=S. The minimum atomic E-state index is -0.570. The van der Waals surface area contributed by atoms with Crippen molar-refractivity contribution < 1.29 is 8.78 Å². The van der Waals surface area contributed by atoms with E-state index in [1.165, 1.54) is 12.1 Å². The van der Waals surface area contributed by atoms with Gasteiger partial charge in [0, 0.05) is 24.2 Å². The second-order valence-corrected chi connectivity index (χ2v) is 7.89. The summed E-state index contributed by atoms with van der Waals surface area (Å²) in [6.45, 7) is 0.784. The van der Waals surface area contributed by atoms with Crippen molar-refractivity contribution in [2.75, 3.05) is 7.05 Å². The van der Waals surface area contributed by atoms with Gasteiger partial charge in [-0.3, -0.25) is 9.47 Å². The average molecular weight is 393 g/mol. The van der Waals surface area contributed by atoms with Gasteiger partial charge in [-0.1, -0.05) is 12.1 Å². The lowest BCUT2D eigenvalue weighted by atomic mass is 10.2. The van der Waals surface area contributed by atoms with E-state index >= 15 is 0 Å². The number of aromatic nitrogens is 3. The molecule has 2 aromatic heterocycles. The third-order valence-electron chi connectivity index (χ3n) is 4.35. The first-order valence-electron chi connectivity index (χ1n) is 8.38. The van der Waals surface area contributed by atoms with E-state index in [1.807, 2.05) is 29.5 Å². The molecule has 0 N–H and O–H groups in total. The third-order valence-corrected chi connectivity index (χ3v) is 5.63. The number of nitrogens with zero attached hydrogens (tertiary/aromatic N) is 4. The van der Waals surface area contributed by atoms with Crippen molar-refractivity contribution in [3.63, 3.8) is 0 Å². The Morgan fingerprint density at radius 2 is 2.12 bits per heavy atom.